The van der Waals surface area contributed by atoms with E-state index in [1.165, 1.54) is 18.2 Å². The van der Waals surface area contributed by atoms with E-state index in [0.29, 0.717) is 16.7 Å². The number of fused-ring (bicyclic) bond motifs is 1. The maximum atomic E-state index is 12.4. The zero-order valence-electron chi connectivity index (χ0n) is 11.6. The largest absolute Gasteiger partial charge is 0.268 e. The van der Waals surface area contributed by atoms with Gasteiger partial charge in [-0.15, -0.1) is 0 Å². The minimum absolute atomic E-state index is 0.110. The van der Waals surface area contributed by atoms with Crippen LogP contribution in [0.5, 0.6) is 0 Å². The van der Waals surface area contributed by atoms with Crippen molar-refractivity contribution >= 4 is 27.5 Å². The van der Waals surface area contributed by atoms with Crippen LogP contribution in [0.1, 0.15) is 26.3 Å². The van der Waals surface area contributed by atoms with Crippen LogP contribution in [0.2, 0.25) is 0 Å². The molecule has 2 N–H and O–H groups in total. The fourth-order valence-electron chi connectivity index (χ4n) is 2.46. The first-order valence-electron chi connectivity index (χ1n) is 6.42. The fourth-order valence-corrected chi connectivity index (χ4v) is 3.26. The highest BCUT2D eigenvalue weighted by Crippen LogP contribution is 2.30. The molecule has 0 saturated heterocycles. The average molecular weight is 316 g/mol. The van der Waals surface area contributed by atoms with Crippen molar-refractivity contribution in [3.05, 3.63) is 59.2 Å². The molecule has 0 aromatic heterocycles. The predicted molar refractivity (Wildman–Crippen MR) is 80.1 cm³/mol. The lowest BCUT2D eigenvalue weighted by Gasteiger charge is -2.15. The molecule has 1 aliphatic heterocycles. The summed E-state index contributed by atoms with van der Waals surface area (Å²) in [6, 6.07) is 10.7. The van der Waals surface area contributed by atoms with E-state index in [0.717, 1.165) is 4.90 Å². The lowest BCUT2D eigenvalue weighted by molar-refractivity contribution is 0.0926. The zero-order chi connectivity index (χ0) is 16.1. The zero-order valence-corrected chi connectivity index (χ0v) is 12.4. The van der Waals surface area contributed by atoms with Crippen molar-refractivity contribution in [1.29, 1.82) is 0 Å². The number of nitrogens with zero attached hydrogens (tertiary/aromatic N) is 1. The van der Waals surface area contributed by atoms with Crippen molar-refractivity contribution < 1.29 is 18.0 Å². The van der Waals surface area contributed by atoms with Crippen LogP contribution in [0.25, 0.3) is 0 Å². The number of carbonyl (C=O) groups is 2. The Labute approximate surface area is 127 Å². The van der Waals surface area contributed by atoms with E-state index >= 15 is 0 Å². The van der Waals surface area contributed by atoms with Gasteiger partial charge in [0, 0.05) is 0 Å². The molecule has 1 heterocycles. The maximum Gasteiger partial charge on any atom is 0.266 e. The third kappa shape index (κ3) is 2.11. The molecule has 112 valence electrons. The number of anilines is 1. The number of nitrogens with two attached hydrogens (primary N) is 1. The number of imide groups is 1. The monoisotopic (exact) mass is 316 g/mol. The number of hydrogen-bond acceptors (Lipinski definition) is 4. The lowest BCUT2D eigenvalue weighted by Crippen LogP contribution is -2.29. The molecule has 2 amide bonds. The molecule has 6 nitrogen and oxygen atoms in total. The highest BCUT2D eigenvalue weighted by molar-refractivity contribution is 7.89. The first-order valence-corrected chi connectivity index (χ1v) is 7.96. The van der Waals surface area contributed by atoms with Gasteiger partial charge in [-0.05, 0) is 36.8 Å². The maximum absolute atomic E-state index is 12.4. The number of benzene rings is 2. The topological polar surface area (TPSA) is 97.5 Å². The lowest BCUT2D eigenvalue weighted by atomic mass is 10.1. The van der Waals surface area contributed by atoms with Gasteiger partial charge in [0.15, 0.2) is 0 Å². The van der Waals surface area contributed by atoms with E-state index in [9.17, 15) is 18.0 Å². The van der Waals surface area contributed by atoms with Crippen molar-refractivity contribution in [2.45, 2.75) is 11.8 Å². The SMILES string of the molecule is Cc1ccc(N2C(=O)c3ccccc3C2=O)cc1S(N)(=O)=O. The van der Waals surface area contributed by atoms with Crippen molar-refractivity contribution in [1.82, 2.24) is 0 Å². The fraction of sp³-hybridized carbons (Fsp3) is 0.0667. The van der Waals surface area contributed by atoms with Crippen LogP contribution < -0.4 is 10.0 Å². The number of amides is 2. The van der Waals surface area contributed by atoms with Gasteiger partial charge in [0.25, 0.3) is 11.8 Å². The molecule has 7 heteroatoms. The van der Waals surface area contributed by atoms with Gasteiger partial charge in [0.1, 0.15) is 0 Å². The van der Waals surface area contributed by atoms with Crippen LogP contribution in [0.3, 0.4) is 0 Å². The normalized spacial score (nSPS) is 14.4. The minimum Gasteiger partial charge on any atom is -0.268 e. The Hall–Kier alpha value is -2.51. The second kappa shape index (κ2) is 4.75. The summed E-state index contributed by atoms with van der Waals surface area (Å²) in [5.74, 6) is -0.963. The molecule has 0 saturated carbocycles. The van der Waals surface area contributed by atoms with Crippen molar-refractivity contribution in [2.75, 3.05) is 4.90 Å². The number of carbonyl (C=O) groups excluding carboxylic acids is 2. The van der Waals surface area contributed by atoms with Crippen molar-refractivity contribution in [2.24, 2.45) is 5.14 Å². The molecule has 0 aliphatic carbocycles. The van der Waals surface area contributed by atoms with E-state index in [2.05, 4.69) is 0 Å². The Morgan fingerprint density at radius 1 is 0.955 bits per heavy atom. The first-order chi connectivity index (χ1) is 10.3. The summed E-state index contributed by atoms with van der Waals surface area (Å²) in [5.41, 5.74) is 1.22. The highest BCUT2D eigenvalue weighted by Gasteiger charge is 2.36. The summed E-state index contributed by atoms with van der Waals surface area (Å²) < 4.78 is 23.2. The standard InChI is InChI=1S/C15H12N2O4S/c1-9-6-7-10(8-13(9)22(16,20)21)17-14(18)11-4-2-3-5-12(11)15(17)19/h2-8H,1H3,(H2,16,20,21). The van der Waals surface area contributed by atoms with Crippen molar-refractivity contribution in [3.8, 4) is 0 Å². The van der Waals surface area contributed by atoms with Gasteiger partial charge in [0.2, 0.25) is 10.0 Å². The van der Waals surface area contributed by atoms with Crippen LogP contribution >= 0.6 is 0 Å². The molecule has 3 rings (SSSR count). The summed E-state index contributed by atoms with van der Waals surface area (Å²) in [5, 5.41) is 5.16. The van der Waals surface area contributed by atoms with Gasteiger partial charge >= 0.3 is 0 Å². The third-order valence-electron chi connectivity index (χ3n) is 3.53. The molecular weight excluding hydrogens is 304 g/mol. The number of aryl methyl sites for hydroxylation is 1. The van der Waals surface area contributed by atoms with Crippen LogP contribution in [-0.2, 0) is 10.0 Å². The highest BCUT2D eigenvalue weighted by atomic mass is 32.2. The summed E-state index contributed by atoms with van der Waals surface area (Å²) in [4.78, 5) is 25.6. The quantitative estimate of drug-likeness (QED) is 0.848. The smallest absolute Gasteiger partial charge is 0.266 e. The Balaban J connectivity index is 2.15. The van der Waals surface area contributed by atoms with Crippen LogP contribution in [0, 0.1) is 6.92 Å². The molecule has 1 aliphatic rings. The van der Waals surface area contributed by atoms with Crippen LogP contribution in [-0.4, -0.2) is 20.2 Å². The Morgan fingerprint density at radius 3 is 2.00 bits per heavy atom. The Kier molecular flexibility index (Phi) is 3.12. The molecular formula is C15H12N2O4S. The molecule has 0 fully saturated rings. The minimum atomic E-state index is -3.94. The number of sulfonamides is 1. The van der Waals surface area contributed by atoms with E-state index in [1.807, 2.05) is 0 Å². The molecule has 2 aromatic carbocycles. The summed E-state index contributed by atoms with van der Waals surface area (Å²) in [6.45, 7) is 1.59. The molecule has 0 atom stereocenters. The third-order valence-corrected chi connectivity index (χ3v) is 4.58. The molecule has 0 radical (unpaired) electrons. The van der Waals surface area contributed by atoms with E-state index in [-0.39, 0.29) is 10.6 Å². The van der Waals surface area contributed by atoms with Gasteiger partial charge in [-0.1, -0.05) is 18.2 Å². The van der Waals surface area contributed by atoms with Gasteiger partial charge in [-0.25, -0.2) is 18.5 Å². The number of primary sulfonamides is 1. The second-order valence-corrected chi connectivity index (χ2v) is 6.52. The summed E-state index contributed by atoms with van der Waals surface area (Å²) in [6.07, 6.45) is 0. The van der Waals surface area contributed by atoms with Gasteiger partial charge in [0.05, 0.1) is 21.7 Å². The Morgan fingerprint density at radius 2 is 1.50 bits per heavy atom. The molecule has 0 bridgehead atoms. The summed E-state index contributed by atoms with van der Waals surface area (Å²) >= 11 is 0. The second-order valence-electron chi connectivity index (χ2n) is 4.99. The average Bonchev–Trinajstić information content (AvgIpc) is 2.71. The Bertz CT molecular complexity index is 884. The van der Waals surface area contributed by atoms with Gasteiger partial charge in [-0.3, -0.25) is 9.59 Å². The number of hydrogen-bond donors (Lipinski definition) is 1. The molecule has 2 aromatic rings. The molecule has 0 spiro atoms. The van der Waals surface area contributed by atoms with Crippen LogP contribution in [0.4, 0.5) is 5.69 Å². The predicted octanol–water partition coefficient (Wildman–Crippen LogP) is 1.44. The van der Waals surface area contributed by atoms with Gasteiger partial charge < -0.3 is 0 Å². The van der Waals surface area contributed by atoms with E-state index < -0.39 is 21.8 Å². The molecule has 22 heavy (non-hydrogen) atoms. The summed E-state index contributed by atoms with van der Waals surface area (Å²) in [7, 11) is -3.94. The van der Waals surface area contributed by atoms with E-state index in [4.69, 9.17) is 5.14 Å². The van der Waals surface area contributed by atoms with Crippen molar-refractivity contribution in [3.63, 3.8) is 0 Å². The molecule has 0 unspecified atom stereocenters. The first kappa shape index (κ1) is 14.4. The van der Waals surface area contributed by atoms with E-state index in [1.54, 1.807) is 31.2 Å². The number of rotatable bonds is 2. The van der Waals surface area contributed by atoms with Crippen LogP contribution in [0.15, 0.2) is 47.4 Å². The van der Waals surface area contributed by atoms with Gasteiger partial charge in [-0.2, -0.15) is 0 Å².